The number of phenols is 1. The number of nitrogens with zero attached hydrogens (tertiary/aromatic N) is 2. The van der Waals surface area contributed by atoms with Crippen LogP contribution in [0.15, 0.2) is 47.6 Å². The molecule has 0 spiro atoms. The number of benzene rings is 2. The molecule has 2 aromatic carbocycles. The molecule has 2 aliphatic rings. The smallest absolute Gasteiger partial charge is 0.338 e. The molecule has 1 fully saturated rings. The lowest BCUT2D eigenvalue weighted by Crippen LogP contribution is -2.43. The van der Waals surface area contributed by atoms with E-state index in [-0.39, 0.29) is 17.8 Å². The SMILES string of the molecule is COc1ccc(C2=NN(C(=O)NC3CCCCC3)[C@H](c3ccccc3O)C2)c(OC)c1. The van der Waals surface area contributed by atoms with Crippen LogP contribution < -0.4 is 14.8 Å². The lowest BCUT2D eigenvalue weighted by molar-refractivity contribution is 0.178. The van der Waals surface area contributed by atoms with E-state index in [0.29, 0.717) is 23.5 Å². The number of hydrogen-bond acceptors (Lipinski definition) is 5. The van der Waals surface area contributed by atoms with E-state index in [9.17, 15) is 9.90 Å². The van der Waals surface area contributed by atoms with Crippen molar-refractivity contribution in [3.8, 4) is 17.2 Å². The highest BCUT2D eigenvalue weighted by atomic mass is 16.5. The quantitative estimate of drug-likeness (QED) is 0.736. The molecule has 31 heavy (non-hydrogen) atoms. The molecule has 1 aliphatic carbocycles. The summed E-state index contributed by atoms with van der Waals surface area (Å²) in [4.78, 5) is 13.2. The zero-order valence-electron chi connectivity index (χ0n) is 18.0. The number of para-hydroxylation sites is 1. The normalized spacial score (nSPS) is 19.1. The van der Waals surface area contributed by atoms with E-state index in [1.165, 1.54) is 11.4 Å². The van der Waals surface area contributed by atoms with E-state index in [4.69, 9.17) is 14.6 Å². The summed E-state index contributed by atoms with van der Waals surface area (Å²) in [6.45, 7) is 0. The Bertz CT molecular complexity index is 969. The summed E-state index contributed by atoms with van der Waals surface area (Å²) in [5.41, 5.74) is 2.20. The first-order valence-corrected chi connectivity index (χ1v) is 10.8. The Morgan fingerprint density at radius 3 is 2.58 bits per heavy atom. The van der Waals surface area contributed by atoms with Gasteiger partial charge in [0.2, 0.25) is 0 Å². The number of methoxy groups -OCH3 is 2. The Labute approximate surface area is 182 Å². The van der Waals surface area contributed by atoms with Crippen LogP contribution in [0.5, 0.6) is 17.2 Å². The Morgan fingerprint density at radius 1 is 1.10 bits per heavy atom. The van der Waals surface area contributed by atoms with Gasteiger partial charge in [-0.15, -0.1) is 0 Å². The van der Waals surface area contributed by atoms with Gasteiger partial charge in [-0.3, -0.25) is 0 Å². The summed E-state index contributed by atoms with van der Waals surface area (Å²) in [5, 5.41) is 19.8. The number of ether oxygens (including phenoxy) is 2. The van der Waals surface area contributed by atoms with Crippen molar-refractivity contribution in [3.63, 3.8) is 0 Å². The minimum absolute atomic E-state index is 0.154. The highest BCUT2D eigenvalue weighted by Gasteiger charge is 2.36. The molecule has 0 radical (unpaired) electrons. The number of amides is 2. The first-order valence-electron chi connectivity index (χ1n) is 10.8. The number of phenolic OH excluding ortho intramolecular Hbond substituents is 1. The highest BCUT2D eigenvalue weighted by Crippen LogP contribution is 2.39. The number of hydrogen-bond donors (Lipinski definition) is 2. The Morgan fingerprint density at radius 2 is 1.87 bits per heavy atom. The largest absolute Gasteiger partial charge is 0.508 e. The summed E-state index contributed by atoms with van der Waals surface area (Å²) >= 11 is 0. The number of carbonyl (C=O) groups is 1. The van der Waals surface area contributed by atoms with Crippen molar-refractivity contribution in [2.45, 2.75) is 50.6 Å². The molecule has 4 rings (SSSR count). The summed E-state index contributed by atoms with van der Waals surface area (Å²) in [5.74, 6) is 1.47. The third-order valence-electron chi connectivity index (χ3n) is 6.07. The molecule has 1 aliphatic heterocycles. The third kappa shape index (κ3) is 4.45. The Kier molecular flexibility index (Phi) is 6.30. The molecule has 2 N–H and O–H groups in total. The first-order chi connectivity index (χ1) is 15.1. The van der Waals surface area contributed by atoms with Gasteiger partial charge in [0.05, 0.1) is 26.0 Å². The lowest BCUT2D eigenvalue weighted by Gasteiger charge is -2.27. The minimum Gasteiger partial charge on any atom is -0.508 e. The fourth-order valence-corrected chi connectivity index (χ4v) is 4.40. The molecular weight excluding hydrogens is 394 g/mol. The predicted molar refractivity (Wildman–Crippen MR) is 119 cm³/mol. The predicted octanol–water partition coefficient (Wildman–Crippen LogP) is 4.60. The zero-order chi connectivity index (χ0) is 21.8. The van der Waals surface area contributed by atoms with Gasteiger partial charge in [-0.2, -0.15) is 5.10 Å². The fraction of sp³-hybridized carbons (Fsp3) is 0.417. The molecule has 7 heteroatoms. The van der Waals surface area contributed by atoms with Crippen LogP contribution in [-0.4, -0.2) is 42.1 Å². The average Bonchev–Trinajstić information content (AvgIpc) is 3.24. The van der Waals surface area contributed by atoms with Gasteiger partial charge in [-0.05, 0) is 31.0 Å². The number of nitrogens with one attached hydrogen (secondary N) is 1. The standard InChI is InChI=1S/C24H29N3O4/c1-30-17-12-13-18(23(14-17)31-2)20-15-21(19-10-6-7-11-22(19)28)27(26-20)24(29)25-16-8-4-3-5-9-16/h6-7,10-14,16,21,28H,3-5,8-9,15H2,1-2H3,(H,25,29)/t21-/m0/s1. The summed E-state index contributed by atoms with van der Waals surface area (Å²) in [6.07, 6.45) is 5.93. The second-order valence-electron chi connectivity index (χ2n) is 8.02. The number of aromatic hydroxyl groups is 1. The van der Waals surface area contributed by atoms with Gasteiger partial charge in [-0.25, -0.2) is 9.80 Å². The van der Waals surface area contributed by atoms with Crippen molar-refractivity contribution >= 4 is 11.7 Å². The van der Waals surface area contributed by atoms with Crippen LogP contribution in [-0.2, 0) is 0 Å². The maximum atomic E-state index is 13.2. The van der Waals surface area contributed by atoms with Crippen molar-refractivity contribution in [1.29, 1.82) is 0 Å². The summed E-state index contributed by atoms with van der Waals surface area (Å²) < 4.78 is 10.8. The number of hydrazone groups is 1. The molecule has 0 bridgehead atoms. The van der Waals surface area contributed by atoms with E-state index in [1.54, 1.807) is 32.4 Å². The Balaban J connectivity index is 1.66. The molecule has 2 aromatic rings. The van der Waals surface area contributed by atoms with Gasteiger partial charge in [0.25, 0.3) is 0 Å². The van der Waals surface area contributed by atoms with Crippen molar-refractivity contribution in [2.75, 3.05) is 14.2 Å². The van der Waals surface area contributed by atoms with Crippen LogP contribution in [0.1, 0.15) is 55.7 Å². The van der Waals surface area contributed by atoms with Crippen molar-refractivity contribution < 1.29 is 19.4 Å². The van der Waals surface area contributed by atoms with Crippen molar-refractivity contribution in [2.24, 2.45) is 5.10 Å². The minimum atomic E-state index is -0.397. The van der Waals surface area contributed by atoms with Gasteiger partial charge in [-0.1, -0.05) is 37.5 Å². The molecule has 0 unspecified atom stereocenters. The van der Waals surface area contributed by atoms with E-state index < -0.39 is 6.04 Å². The zero-order valence-corrected chi connectivity index (χ0v) is 18.0. The van der Waals surface area contributed by atoms with Gasteiger partial charge >= 0.3 is 6.03 Å². The molecule has 7 nitrogen and oxygen atoms in total. The maximum absolute atomic E-state index is 13.2. The molecule has 1 atom stereocenters. The van der Waals surface area contributed by atoms with Crippen LogP contribution in [0.2, 0.25) is 0 Å². The molecule has 2 amide bonds. The van der Waals surface area contributed by atoms with E-state index in [2.05, 4.69) is 5.32 Å². The van der Waals surface area contributed by atoms with Crippen LogP contribution in [0, 0.1) is 0 Å². The van der Waals surface area contributed by atoms with Crippen LogP contribution in [0.4, 0.5) is 4.79 Å². The van der Waals surface area contributed by atoms with Gasteiger partial charge < -0.3 is 19.9 Å². The summed E-state index contributed by atoms with van der Waals surface area (Å²) in [7, 11) is 3.20. The summed E-state index contributed by atoms with van der Waals surface area (Å²) in [6, 6.07) is 12.2. The number of carbonyl (C=O) groups excluding carboxylic acids is 1. The average molecular weight is 424 g/mol. The Hall–Kier alpha value is -3.22. The molecule has 1 saturated carbocycles. The fourth-order valence-electron chi connectivity index (χ4n) is 4.40. The number of rotatable bonds is 5. The third-order valence-corrected chi connectivity index (χ3v) is 6.07. The van der Waals surface area contributed by atoms with Gasteiger partial charge in [0.15, 0.2) is 0 Å². The maximum Gasteiger partial charge on any atom is 0.338 e. The monoisotopic (exact) mass is 423 g/mol. The van der Waals surface area contributed by atoms with Crippen molar-refractivity contribution in [1.82, 2.24) is 10.3 Å². The highest BCUT2D eigenvalue weighted by molar-refractivity contribution is 6.05. The molecule has 164 valence electrons. The van der Waals surface area contributed by atoms with Crippen LogP contribution in [0.3, 0.4) is 0 Å². The molecule has 0 saturated heterocycles. The van der Waals surface area contributed by atoms with E-state index in [0.717, 1.165) is 37.0 Å². The van der Waals surface area contributed by atoms with Gasteiger partial charge in [0, 0.05) is 29.7 Å². The van der Waals surface area contributed by atoms with Crippen molar-refractivity contribution in [3.05, 3.63) is 53.6 Å². The lowest BCUT2D eigenvalue weighted by atomic mass is 9.95. The van der Waals surface area contributed by atoms with E-state index in [1.807, 2.05) is 24.3 Å². The van der Waals surface area contributed by atoms with Gasteiger partial charge in [0.1, 0.15) is 17.2 Å². The second-order valence-corrected chi connectivity index (χ2v) is 8.02. The molecule has 0 aromatic heterocycles. The van der Waals surface area contributed by atoms with Crippen LogP contribution >= 0.6 is 0 Å². The second kappa shape index (κ2) is 9.29. The van der Waals surface area contributed by atoms with Crippen LogP contribution in [0.25, 0.3) is 0 Å². The molecule has 1 heterocycles. The first kappa shape index (κ1) is 21.0. The topological polar surface area (TPSA) is 83.4 Å². The number of urea groups is 1. The van der Waals surface area contributed by atoms with E-state index >= 15 is 0 Å². The molecular formula is C24H29N3O4.